The topological polar surface area (TPSA) is 20.2 Å². The van der Waals surface area contributed by atoms with Crippen LogP contribution in [0.3, 0.4) is 0 Å². The van der Waals surface area contributed by atoms with E-state index in [0.717, 1.165) is 18.2 Å². The fraction of sp³-hybridized carbons (Fsp3) is 0.333. The van der Waals surface area contributed by atoms with Gasteiger partial charge in [-0.15, -0.1) is 0 Å². The smallest absolute Gasteiger partial charge is 0.274 e. The molecule has 0 bridgehead atoms. The molecule has 0 radical (unpaired) electrons. The van der Waals surface area contributed by atoms with Crippen molar-refractivity contribution in [1.82, 2.24) is 0 Å². The summed E-state index contributed by atoms with van der Waals surface area (Å²) >= 11 is 2.85. The lowest BCUT2D eigenvalue weighted by Crippen LogP contribution is -2.21. The first-order valence-electron chi connectivity index (χ1n) is 3.83. The number of aliphatic hydroxyl groups is 1. The van der Waals surface area contributed by atoms with Crippen molar-refractivity contribution in [2.75, 3.05) is 0 Å². The summed E-state index contributed by atoms with van der Waals surface area (Å²) in [6.45, 7) is 0.606. The molecule has 1 aromatic rings. The lowest BCUT2D eigenvalue weighted by molar-refractivity contribution is -0.0954. The third kappa shape index (κ3) is 2.48. The molecular weight excluding hydrogens is 261 g/mol. The Bertz CT molecular complexity index is 335. The van der Waals surface area contributed by atoms with Crippen molar-refractivity contribution in [3.8, 4) is 0 Å². The summed E-state index contributed by atoms with van der Waals surface area (Å²) < 4.78 is 38.1. The molecule has 0 spiro atoms. The standard InChI is InChI=1S/C9H8BrF3O/c1-9(12,13)8(14)5-2-3-7(11)6(10)4-5/h2-4,8,14H,1H3. The van der Waals surface area contributed by atoms with Crippen LogP contribution >= 0.6 is 15.9 Å². The van der Waals surface area contributed by atoms with Gasteiger partial charge in [0.05, 0.1) is 4.47 Å². The average molecular weight is 269 g/mol. The van der Waals surface area contributed by atoms with E-state index in [-0.39, 0.29) is 10.0 Å². The van der Waals surface area contributed by atoms with Gasteiger partial charge in [-0.05, 0) is 33.6 Å². The second-order valence-corrected chi connectivity index (χ2v) is 3.89. The van der Waals surface area contributed by atoms with Crippen LogP contribution in [0.2, 0.25) is 0 Å². The van der Waals surface area contributed by atoms with Crippen molar-refractivity contribution < 1.29 is 18.3 Å². The molecule has 1 atom stereocenters. The van der Waals surface area contributed by atoms with Gasteiger partial charge in [0.15, 0.2) is 0 Å². The third-order valence-corrected chi connectivity index (χ3v) is 2.35. The highest BCUT2D eigenvalue weighted by atomic mass is 79.9. The first-order valence-corrected chi connectivity index (χ1v) is 4.62. The fourth-order valence-corrected chi connectivity index (χ4v) is 1.37. The van der Waals surface area contributed by atoms with Crippen LogP contribution in [0.25, 0.3) is 0 Å². The molecule has 1 nitrogen and oxygen atoms in total. The molecule has 0 aliphatic heterocycles. The number of alkyl halides is 2. The maximum atomic E-state index is 12.7. The molecule has 1 rings (SSSR count). The van der Waals surface area contributed by atoms with Crippen LogP contribution in [0.4, 0.5) is 13.2 Å². The largest absolute Gasteiger partial charge is 0.382 e. The zero-order valence-corrected chi connectivity index (χ0v) is 8.85. The molecule has 0 saturated heterocycles. The molecule has 0 heterocycles. The minimum atomic E-state index is -3.24. The zero-order valence-electron chi connectivity index (χ0n) is 7.27. The van der Waals surface area contributed by atoms with Gasteiger partial charge in [0, 0.05) is 6.92 Å². The highest BCUT2D eigenvalue weighted by molar-refractivity contribution is 9.10. The van der Waals surface area contributed by atoms with Gasteiger partial charge in [0.1, 0.15) is 11.9 Å². The first-order chi connectivity index (χ1) is 6.32. The summed E-state index contributed by atoms with van der Waals surface area (Å²) in [7, 11) is 0. The number of rotatable bonds is 2. The van der Waals surface area contributed by atoms with E-state index in [4.69, 9.17) is 0 Å². The van der Waals surface area contributed by atoms with Crippen molar-refractivity contribution in [1.29, 1.82) is 0 Å². The van der Waals surface area contributed by atoms with E-state index in [0.29, 0.717) is 6.92 Å². The Hall–Kier alpha value is -0.550. The van der Waals surface area contributed by atoms with Crippen LogP contribution in [0.15, 0.2) is 22.7 Å². The Morgan fingerprint density at radius 3 is 2.43 bits per heavy atom. The van der Waals surface area contributed by atoms with E-state index in [1.54, 1.807) is 0 Å². The molecule has 0 fully saturated rings. The molecule has 0 aliphatic rings. The molecule has 5 heteroatoms. The van der Waals surface area contributed by atoms with Crippen LogP contribution in [0.5, 0.6) is 0 Å². The monoisotopic (exact) mass is 268 g/mol. The highest BCUT2D eigenvalue weighted by Gasteiger charge is 2.33. The van der Waals surface area contributed by atoms with E-state index in [2.05, 4.69) is 15.9 Å². The summed E-state index contributed by atoms with van der Waals surface area (Å²) in [5.74, 6) is -3.79. The molecule has 1 aromatic carbocycles. The Labute approximate surface area is 87.7 Å². The summed E-state index contributed by atoms with van der Waals surface area (Å²) in [6, 6.07) is 3.29. The summed E-state index contributed by atoms with van der Waals surface area (Å²) in [5.41, 5.74) is -0.0224. The fourth-order valence-electron chi connectivity index (χ4n) is 0.975. The van der Waals surface area contributed by atoms with Gasteiger partial charge < -0.3 is 5.11 Å². The second kappa shape index (κ2) is 3.90. The molecule has 0 saturated carbocycles. The molecule has 14 heavy (non-hydrogen) atoms. The van der Waals surface area contributed by atoms with Gasteiger partial charge in [-0.25, -0.2) is 13.2 Å². The number of hydrogen-bond acceptors (Lipinski definition) is 1. The Morgan fingerprint density at radius 1 is 1.43 bits per heavy atom. The van der Waals surface area contributed by atoms with E-state index < -0.39 is 17.8 Å². The lowest BCUT2D eigenvalue weighted by atomic mass is 10.1. The molecule has 1 N–H and O–H groups in total. The van der Waals surface area contributed by atoms with E-state index >= 15 is 0 Å². The van der Waals surface area contributed by atoms with Crippen LogP contribution in [-0.2, 0) is 0 Å². The Balaban J connectivity index is 3.03. The van der Waals surface area contributed by atoms with Gasteiger partial charge in [-0.1, -0.05) is 6.07 Å². The molecule has 0 amide bonds. The summed E-state index contributed by atoms with van der Waals surface area (Å²) in [5, 5.41) is 9.18. The van der Waals surface area contributed by atoms with Gasteiger partial charge in [-0.3, -0.25) is 0 Å². The zero-order chi connectivity index (χ0) is 10.9. The van der Waals surface area contributed by atoms with Crippen LogP contribution in [0.1, 0.15) is 18.6 Å². The Kier molecular flexibility index (Phi) is 3.21. The summed E-state index contributed by atoms with van der Waals surface area (Å²) in [4.78, 5) is 0. The van der Waals surface area contributed by atoms with Crippen LogP contribution < -0.4 is 0 Å². The maximum absolute atomic E-state index is 12.7. The number of aliphatic hydroxyl groups excluding tert-OH is 1. The molecule has 1 unspecified atom stereocenters. The summed E-state index contributed by atoms with van der Waals surface area (Å²) in [6.07, 6.45) is -1.92. The average Bonchev–Trinajstić information content (AvgIpc) is 2.07. The van der Waals surface area contributed by atoms with Gasteiger partial charge >= 0.3 is 0 Å². The predicted molar refractivity (Wildman–Crippen MR) is 49.7 cm³/mol. The van der Waals surface area contributed by atoms with Crippen LogP contribution in [0, 0.1) is 5.82 Å². The SMILES string of the molecule is CC(F)(F)C(O)c1ccc(F)c(Br)c1. The van der Waals surface area contributed by atoms with Crippen molar-refractivity contribution in [2.45, 2.75) is 19.0 Å². The lowest BCUT2D eigenvalue weighted by Gasteiger charge is -2.18. The maximum Gasteiger partial charge on any atom is 0.274 e. The Morgan fingerprint density at radius 2 is 2.00 bits per heavy atom. The predicted octanol–water partition coefficient (Wildman–Crippen LogP) is 3.28. The van der Waals surface area contributed by atoms with Gasteiger partial charge in [-0.2, -0.15) is 0 Å². The molecule has 0 aromatic heterocycles. The van der Waals surface area contributed by atoms with Gasteiger partial charge in [0.2, 0.25) is 0 Å². The molecule has 0 aliphatic carbocycles. The van der Waals surface area contributed by atoms with E-state index in [1.807, 2.05) is 0 Å². The third-order valence-electron chi connectivity index (χ3n) is 1.74. The minimum absolute atomic E-state index is 0.0224. The van der Waals surface area contributed by atoms with Gasteiger partial charge in [0.25, 0.3) is 5.92 Å². The first kappa shape index (κ1) is 11.5. The van der Waals surface area contributed by atoms with Crippen molar-refractivity contribution in [3.05, 3.63) is 34.1 Å². The number of benzene rings is 1. The normalized spacial score (nSPS) is 14.1. The molecule has 78 valence electrons. The minimum Gasteiger partial charge on any atom is -0.382 e. The molecular formula is C9H8BrF3O. The van der Waals surface area contributed by atoms with E-state index in [9.17, 15) is 18.3 Å². The van der Waals surface area contributed by atoms with Crippen molar-refractivity contribution >= 4 is 15.9 Å². The second-order valence-electron chi connectivity index (χ2n) is 3.03. The highest BCUT2D eigenvalue weighted by Crippen LogP contribution is 2.32. The van der Waals surface area contributed by atoms with Crippen molar-refractivity contribution in [2.24, 2.45) is 0 Å². The quantitative estimate of drug-likeness (QED) is 0.873. The van der Waals surface area contributed by atoms with Crippen molar-refractivity contribution in [3.63, 3.8) is 0 Å². The van der Waals surface area contributed by atoms with E-state index in [1.165, 1.54) is 0 Å². The van der Waals surface area contributed by atoms with Crippen LogP contribution in [-0.4, -0.2) is 11.0 Å². The number of hydrogen-bond donors (Lipinski definition) is 1. The number of halogens is 4.